The molecular weight excluding hydrogens is 238 g/mol. The maximum Gasteiger partial charge on any atom is 0.134 e. The van der Waals surface area contributed by atoms with Gasteiger partial charge in [-0.3, -0.25) is 0 Å². The van der Waals surface area contributed by atoms with Gasteiger partial charge in [0.15, 0.2) is 0 Å². The summed E-state index contributed by atoms with van der Waals surface area (Å²) in [6.07, 6.45) is 0.644. The second-order valence-corrected chi connectivity index (χ2v) is 4.30. The summed E-state index contributed by atoms with van der Waals surface area (Å²) in [4.78, 5) is 0.841. The van der Waals surface area contributed by atoms with E-state index in [1.807, 2.05) is 60.7 Å². The first kappa shape index (κ1) is 11.5. The standard InChI is InChI=1S/C15H13N3O/c19-18-15(13-9-5-2-6-10-13)14(16-17-18)11-12-7-3-1-4-8-12/h1-10,19H,11H2. The lowest BCUT2D eigenvalue weighted by Gasteiger charge is -2.03. The van der Waals surface area contributed by atoms with Crippen molar-refractivity contribution in [2.75, 3.05) is 0 Å². The van der Waals surface area contributed by atoms with Gasteiger partial charge < -0.3 is 5.21 Å². The van der Waals surface area contributed by atoms with Crippen molar-refractivity contribution in [1.29, 1.82) is 0 Å². The Morgan fingerprint density at radius 1 is 0.895 bits per heavy atom. The average molecular weight is 251 g/mol. The maximum atomic E-state index is 9.81. The van der Waals surface area contributed by atoms with Gasteiger partial charge >= 0.3 is 0 Å². The van der Waals surface area contributed by atoms with Crippen LogP contribution < -0.4 is 0 Å². The third kappa shape index (κ3) is 2.33. The predicted molar refractivity (Wildman–Crippen MR) is 71.9 cm³/mol. The van der Waals surface area contributed by atoms with Gasteiger partial charge in [-0.25, -0.2) is 0 Å². The molecule has 19 heavy (non-hydrogen) atoms. The van der Waals surface area contributed by atoms with E-state index in [9.17, 15) is 5.21 Å². The van der Waals surface area contributed by atoms with Gasteiger partial charge in [-0.1, -0.05) is 65.5 Å². The van der Waals surface area contributed by atoms with E-state index in [4.69, 9.17) is 0 Å². The van der Waals surface area contributed by atoms with Crippen molar-refractivity contribution < 1.29 is 5.21 Å². The maximum absolute atomic E-state index is 9.81. The van der Waals surface area contributed by atoms with Crippen molar-refractivity contribution in [2.24, 2.45) is 0 Å². The fraction of sp³-hybridized carbons (Fsp3) is 0.0667. The van der Waals surface area contributed by atoms with Crippen molar-refractivity contribution in [3.8, 4) is 11.3 Å². The van der Waals surface area contributed by atoms with E-state index < -0.39 is 0 Å². The van der Waals surface area contributed by atoms with Gasteiger partial charge in [-0.05, 0) is 10.8 Å². The minimum Gasteiger partial charge on any atom is -0.410 e. The summed E-state index contributed by atoms with van der Waals surface area (Å²) < 4.78 is 0. The lowest BCUT2D eigenvalue weighted by Crippen LogP contribution is -1.97. The van der Waals surface area contributed by atoms with E-state index in [0.29, 0.717) is 12.1 Å². The van der Waals surface area contributed by atoms with Crippen molar-refractivity contribution in [3.05, 3.63) is 71.9 Å². The predicted octanol–water partition coefficient (Wildman–Crippen LogP) is 2.77. The molecule has 4 heteroatoms. The van der Waals surface area contributed by atoms with Crippen LogP contribution in [0, 0.1) is 0 Å². The number of aromatic nitrogens is 3. The highest BCUT2D eigenvalue weighted by Crippen LogP contribution is 2.22. The zero-order valence-electron chi connectivity index (χ0n) is 10.3. The lowest BCUT2D eigenvalue weighted by atomic mass is 10.0. The van der Waals surface area contributed by atoms with E-state index in [1.54, 1.807) is 0 Å². The molecule has 1 heterocycles. The Kier molecular flexibility index (Phi) is 2.98. The first-order chi connectivity index (χ1) is 9.34. The smallest absolute Gasteiger partial charge is 0.134 e. The molecule has 94 valence electrons. The number of benzene rings is 2. The van der Waals surface area contributed by atoms with Crippen LogP contribution in [0.3, 0.4) is 0 Å². The summed E-state index contributed by atoms with van der Waals surface area (Å²) in [5.74, 6) is 0. The van der Waals surface area contributed by atoms with Crippen molar-refractivity contribution in [2.45, 2.75) is 6.42 Å². The van der Waals surface area contributed by atoms with Crippen LogP contribution in [-0.2, 0) is 6.42 Å². The van der Waals surface area contributed by atoms with Crippen LogP contribution in [0.15, 0.2) is 60.7 Å². The molecule has 3 rings (SSSR count). The number of hydrogen-bond acceptors (Lipinski definition) is 3. The SMILES string of the molecule is On1nnc(Cc2ccccc2)c1-c1ccccc1. The van der Waals surface area contributed by atoms with Gasteiger partial charge in [0.25, 0.3) is 0 Å². The Hall–Kier alpha value is -2.62. The molecule has 0 fully saturated rings. The molecule has 1 aromatic heterocycles. The molecule has 0 unspecified atom stereocenters. The van der Waals surface area contributed by atoms with Crippen LogP contribution in [-0.4, -0.2) is 20.4 Å². The molecule has 3 aromatic rings. The quantitative estimate of drug-likeness (QED) is 0.728. The van der Waals surface area contributed by atoms with Crippen LogP contribution in [0.5, 0.6) is 0 Å². The monoisotopic (exact) mass is 251 g/mol. The Morgan fingerprint density at radius 2 is 1.53 bits per heavy atom. The number of nitrogens with zero attached hydrogens (tertiary/aromatic N) is 3. The summed E-state index contributed by atoms with van der Waals surface area (Å²) >= 11 is 0. The first-order valence-corrected chi connectivity index (χ1v) is 6.08. The summed E-state index contributed by atoms with van der Waals surface area (Å²) in [5, 5.41) is 17.6. The summed E-state index contributed by atoms with van der Waals surface area (Å²) in [7, 11) is 0. The minimum atomic E-state index is 0.643. The Balaban J connectivity index is 2.00. The number of hydrogen-bond donors (Lipinski definition) is 1. The summed E-state index contributed by atoms with van der Waals surface area (Å²) in [5.41, 5.74) is 3.45. The highest BCUT2D eigenvalue weighted by atomic mass is 16.5. The molecule has 0 aliphatic heterocycles. The molecule has 0 aliphatic rings. The molecule has 0 bridgehead atoms. The van der Waals surface area contributed by atoms with E-state index in [1.165, 1.54) is 0 Å². The molecular formula is C15H13N3O. The lowest BCUT2D eigenvalue weighted by molar-refractivity contribution is 0.147. The molecule has 0 radical (unpaired) electrons. The van der Waals surface area contributed by atoms with E-state index in [2.05, 4.69) is 10.3 Å². The third-order valence-electron chi connectivity index (χ3n) is 2.99. The van der Waals surface area contributed by atoms with Gasteiger partial charge in [-0.2, -0.15) is 0 Å². The van der Waals surface area contributed by atoms with E-state index in [-0.39, 0.29) is 0 Å². The van der Waals surface area contributed by atoms with Crippen LogP contribution >= 0.6 is 0 Å². The van der Waals surface area contributed by atoms with Crippen LogP contribution in [0.1, 0.15) is 11.3 Å². The highest BCUT2D eigenvalue weighted by Gasteiger charge is 2.14. The average Bonchev–Trinajstić information content (AvgIpc) is 2.82. The molecule has 4 nitrogen and oxygen atoms in total. The zero-order valence-corrected chi connectivity index (χ0v) is 10.3. The normalized spacial score (nSPS) is 10.5. The molecule has 0 saturated carbocycles. The molecule has 0 amide bonds. The second-order valence-electron chi connectivity index (χ2n) is 4.30. The number of rotatable bonds is 3. The second kappa shape index (κ2) is 4.94. The van der Waals surface area contributed by atoms with Crippen LogP contribution in [0.2, 0.25) is 0 Å². The molecule has 1 N–H and O–H groups in total. The summed E-state index contributed by atoms with van der Waals surface area (Å²) in [6.45, 7) is 0. The fourth-order valence-corrected chi connectivity index (χ4v) is 2.09. The van der Waals surface area contributed by atoms with Crippen molar-refractivity contribution in [3.63, 3.8) is 0 Å². The van der Waals surface area contributed by atoms with Gasteiger partial charge in [0.05, 0.1) is 5.69 Å². The third-order valence-corrected chi connectivity index (χ3v) is 2.99. The molecule has 0 spiro atoms. The van der Waals surface area contributed by atoms with Crippen LogP contribution in [0.4, 0.5) is 0 Å². The fourth-order valence-electron chi connectivity index (χ4n) is 2.09. The highest BCUT2D eigenvalue weighted by molar-refractivity contribution is 5.61. The Morgan fingerprint density at radius 3 is 2.21 bits per heavy atom. The van der Waals surface area contributed by atoms with Gasteiger partial charge in [0.1, 0.15) is 5.69 Å². The van der Waals surface area contributed by atoms with E-state index >= 15 is 0 Å². The Labute approximate surface area is 110 Å². The summed E-state index contributed by atoms with van der Waals surface area (Å²) in [6, 6.07) is 19.7. The Bertz CT molecular complexity index is 662. The first-order valence-electron chi connectivity index (χ1n) is 6.08. The molecule has 0 saturated heterocycles. The van der Waals surface area contributed by atoms with Gasteiger partial charge in [0, 0.05) is 12.0 Å². The topological polar surface area (TPSA) is 50.9 Å². The molecule has 0 aliphatic carbocycles. The van der Waals surface area contributed by atoms with E-state index in [0.717, 1.165) is 21.7 Å². The van der Waals surface area contributed by atoms with Gasteiger partial charge in [-0.15, -0.1) is 5.10 Å². The van der Waals surface area contributed by atoms with Gasteiger partial charge in [0.2, 0.25) is 0 Å². The largest absolute Gasteiger partial charge is 0.410 e. The molecule has 0 atom stereocenters. The van der Waals surface area contributed by atoms with Crippen molar-refractivity contribution in [1.82, 2.24) is 15.2 Å². The zero-order chi connectivity index (χ0) is 13.1. The van der Waals surface area contributed by atoms with Crippen molar-refractivity contribution >= 4 is 0 Å². The molecule has 2 aromatic carbocycles. The minimum absolute atomic E-state index is 0.643. The van der Waals surface area contributed by atoms with Crippen LogP contribution in [0.25, 0.3) is 11.3 Å².